The molecule has 0 saturated heterocycles. The summed E-state index contributed by atoms with van der Waals surface area (Å²) >= 11 is 0. The highest BCUT2D eigenvalue weighted by atomic mass is 16.5. The van der Waals surface area contributed by atoms with Gasteiger partial charge in [0, 0.05) is 30.7 Å². The maximum absolute atomic E-state index is 13.0. The molecule has 1 amide bonds. The number of ether oxygens (including phenoxy) is 1. The number of aromatic amines is 1. The van der Waals surface area contributed by atoms with Crippen LogP contribution in [0.3, 0.4) is 0 Å². The first-order valence-electron chi connectivity index (χ1n) is 8.97. The predicted octanol–water partition coefficient (Wildman–Crippen LogP) is 3.70. The summed E-state index contributed by atoms with van der Waals surface area (Å²) < 4.78 is 5.22. The molecule has 2 unspecified atom stereocenters. The van der Waals surface area contributed by atoms with Crippen LogP contribution in [0, 0.1) is 0 Å². The molecule has 0 spiro atoms. The number of benzene rings is 1. The number of aromatic nitrogens is 1. The monoisotopic (exact) mass is 358 g/mol. The van der Waals surface area contributed by atoms with Crippen molar-refractivity contribution in [3.63, 3.8) is 0 Å². The van der Waals surface area contributed by atoms with Crippen molar-refractivity contribution in [2.75, 3.05) is 0 Å². The average Bonchev–Trinajstić information content (AvgIpc) is 3.05. The van der Waals surface area contributed by atoms with Crippen LogP contribution in [0.2, 0.25) is 0 Å². The van der Waals surface area contributed by atoms with Crippen LogP contribution in [-0.2, 0) is 9.59 Å². The van der Waals surface area contributed by atoms with Crippen molar-refractivity contribution < 1.29 is 19.1 Å². The highest BCUT2D eigenvalue weighted by molar-refractivity contribution is 6.45. The second-order valence-corrected chi connectivity index (χ2v) is 6.53. The van der Waals surface area contributed by atoms with E-state index in [1.807, 2.05) is 27.7 Å². The lowest BCUT2D eigenvalue weighted by atomic mass is 10.0. The number of rotatable bonds is 7. The molecule has 0 saturated carbocycles. The summed E-state index contributed by atoms with van der Waals surface area (Å²) in [4.78, 5) is 42.0. The lowest BCUT2D eigenvalue weighted by molar-refractivity contribution is -0.132. The average molecular weight is 358 g/mol. The molecule has 0 fully saturated rings. The number of hydrogen-bond donors (Lipinski definition) is 1. The number of carbonyl (C=O) groups excluding carboxylic acids is 3. The van der Waals surface area contributed by atoms with E-state index < -0.39 is 17.7 Å². The molecule has 2 atom stereocenters. The van der Waals surface area contributed by atoms with Crippen LogP contribution in [0.4, 0.5) is 0 Å². The SMILES string of the molecule is CCC(C)N(C(=O)C(=O)c1c[nH]c2cccc(OC(C)=O)c12)C(C)CC. The number of esters is 1. The van der Waals surface area contributed by atoms with Gasteiger partial charge in [-0.05, 0) is 38.8 Å². The van der Waals surface area contributed by atoms with Crippen molar-refractivity contribution >= 4 is 28.6 Å². The summed E-state index contributed by atoms with van der Waals surface area (Å²) in [6.45, 7) is 9.16. The van der Waals surface area contributed by atoms with E-state index in [9.17, 15) is 14.4 Å². The number of nitrogens with zero attached hydrogens (tertiary/aromatic N) is 1. The Bertz CT molecular complexity index is 814. The van der Waals surface area contributed by atoms with E-state index in [2.05, 4.69) is 4.98 Å². The van der Waals surface area contributed by atoms with E-state index in [1.165, 1.54) is 13.1 Å². The van der Waals surface area contributed by atoms with Crippen molar-refractivity contribution in [3.05, 3.63) is 30.0 Å². The lowest BCUT2D eigenvalue weighted by Gasteiger charge is -2.33. The number of hydrogen-bond acceptors (Lipinski definition) is 4. The van der Waals surface area contributed by atoms with Gasteiger partial charge in [-0.3, -0.25) is 14.4 Å². The van der Waals surface area contributed by atoms with E-state index >= 15 is 0 Å². The van der Waals surface area contributed by atoms with E-state index in [0.29, 0.717) is 10.9 Å². The highest BCUT2D eigenvalue weighted by Crippen LogP contribution is 2.30. The number of nitrogens with one attached hydrogen (secondary N) is 1. The van der Waals surface area contributed by atoms with Gasteiger partial charge in [-0.1, -0.05) is 19.9 Å². The first kappa shape index (κ1) is 19.7. The standard InChI is InChI=1S/C20H26N2O4/c1-6-12(3)22(13(4)7-2)20(25)19(24)15-11-21-16-9-8-10-17(18(15)16)26-14(5)23/h8-13,21H,6-7H2,1-5H3. The van der Waals surface area contributed by atoms with Gasteiger partial charge in [-0.2, -0.15) is 0 Å². The number of H-pyrrole nitrogens is 1. The first-order valence-corrected chi connectivity index (χ1v) is 8.97. The van der Waals surface area contributed by atoms with Gasteiger partial charge in [0.05, 0.1) is 10.9 Å². The molecule has 6 nitrogen and oxygen atoms in total. The van der Waals surface area contributed by atoms with Gasteiger partial charge in [0.2, 0.25) is 0 Å². The van der Waals surface area contributed by atoms with E-state index in [4.69, 9.17) is 4.74 Å². The summed E-state index contributed by atoms with van der Waals surface area (Å²) in [5.74, 6) is -1.35. The molecule has 2 aromatic rings. The smallest absolute Gasteiger partial charge is 0.308 e. The van der Waals surface area contributed by atoms with Crippen molar-refractivity contribution in [2.24, 2.45) is 0 Å². The van der Waals surface area contributed by atoms with Crippen molar-refractivity contribution in [1.82, 2.24) is 9.88 Å². The van der Waals surface area contributed by atoms with Gasteiger partial charge in [0.15, 0.2) is 0 Å². The van der Waals surface area contributed by atoms with Gasteiger partial charge < -0.3 is 14.6 Å². The van der Waals surface area contributed by atoms with Crippen LogP contribution >= 0.6 is 0 Å². The fourth-order valence-electron chi connectivity index (χ4n) is 3.03. The molecule has 1 heterocycles. The van der Waals surface area contributed by atoms with Gasteiger partial charge in [0.1, 0.15) is 5.75 Å². The van der Waals surface area contributed by atoms with E-state index in [1.54, 1.807) is 23.1 Å². The maximum atomic E-state index is 13.0. The first-order chi connectivity index (χ1) is 12.3. The molecule has 6 heteroatoms. The van der Waals surface area contributed by atoms with Crippen LogP contribution in [0.15, 0.2) is 24.4 Å². The molecular weight excluding hydrogens is 332 g/mol. The van der Waals surface area contributed by atoms with Crippen molar-refractivity contribution in [3.8, 4) is 5.75 Å². The molecule has 140 valence electrons. The minimum Gasteiger partial charge on any atom is -0.426 e. The Morgan fingerprint density at radius 1 is 1.12 bits per heavy atom. The number of ketones is 1. The summed E-state index contributed by atoms with van der Waals surface area (Å²) in [5.41, 5.74) is 0.858. The fourth-order valence-corrected chi connectivity index (χ4v) is 3.03. The Kier molecular flexibility index (Phi) is 6.18. The van der Waals surface area contributed by atoms with Crippen LogP contribution in [-0.4, -0.2) is 39.6 Å². The van der Waals surface area contributed by atoms with E-state index in [-0.39, 0.29) is 23.4 Å². The Labute approximate surface area is 153 Å². The second kappa shape index (κ2) is 8.17. The molecule has 1 N–H and O–H groups in total. The summed E-state index contributed by atoms with van der Waals surface area (Å²) in [6.07, 6.45) is 3.02. The minimum atomic E-state index is -0.601. The van der Waals surface area contributed by atoms with Gasteiger partial charge in [-0.25, -0.2) is 0 Å². The minimum absolute atomic E-state index is 0.0421. The summed E-state index contributed by atoms with van der Waals surface area (Å²) in [6, 6.07) is 5.02. The number of carbonyl (C=O) groups is 3. The Balaban J connectivity index is 2.48. The Morgan fingerprint density at radius 3 is 2.27 bits per heavy atom. The predicted molar refractivity (Wildman–Crippen MR) is 100 cm³/mol. The number of fused-ring (bicyclic) bond motifs is 1. The normalized spacial score (nSPS) is 13.3. The third-order valence-electron chi connectivity index (χ3n) is 4.73. The third kappa shape index (κ3) is 3.79. The zero-order valence-electron chi connectivity index (χ0n) is 16.0. The fraction of sp³-hybridized carbons (Fsp3) is 0.450. The third-order valence-corrected chi connectivity index (χ3v) is 4.73. The summed E-state index contributed by atoms with van der Waals surface area (Å²) in [5, 5.41) is 0.453. The molecule has 0 bridgehead atoms. The van der Waals surface area contributed by atoms with Gasteiger partial charge in [0.25, 0.3) is 11.7 Å². The summed E-state index contributed by atoms with van der Waals surface area (Å²) in [7, 11) is 0. The zero-order valence-corrected chi connectivity index (χ0v) is 16.0. The quantitative estimate of drug-likeness (QED) is 0.354. The molecule has 0 aliphatic heterocycles. The number of amides is 1. The Hall–Kier alpha value is -2.63. The molecule has 0 aliphatic carbocycles. The van der Waals surface area contributed by atoms with Crippen LogP contribution in [0.25, 0.3) is 10.9 Å². The molecule has 2 rings (SSSR count). The van der Waals surface area contributed by atoms with Gasteiger partial charge in [-0.15, -0.1) is 0 Å². The Morgan fingerprint density at radius 2 is 1.73 bits per heavy atom. The number of Topliss-reactive ketones (excluding diaryl/α,β-unsaturated/α-hetero) is 1. The largest absolute Gasteiger partial charge is 0.426 e. The second-order valence-electron chi connectivity index (χ2n) is 6.53. The molecule has 26 heavy (non-hydrogen) atoms. The van der Waals surface area contributed by atoms with Gasteiger partial charge >= 0.3 is 5.97 Å². The van der Waals surface area contributed by atoms with Crippen LogP contribution < -0.4 is 4.74 Å². The lowest BCUT2D eigenvalue weighted by Crippen LogP contribution is -2.47. The maximum Gasteiger partial charge on any atom is 0.308 e. The van der Waals surface area contributed by atoms with Crippen molar-refractivity contribution in [2.45, 2.75) is 59.5 Å². The topological polar surface area (TPSA) is 79.5 Å². The van der Waals surface area contributed by atoms with Crippen LogP contribution in [0.1, 0.15) is 57.8 Å². The molecule has 1 aromatic carbocycles. The zero-order chi connectivity index (χ0) is 19.4. The molecular formula is C20H26N2O4. The molecule has 0 aliphatic rings. The van der Waals surface area contributed by atoms with Crippen molar-refractivity contribution in [1.29, 1.82) is 0 Å². The van der Waals surface area contributed by atoms with Crippen LogP contribution in [0.5, 0.6) is 5.75 Å². The molecule has 1 aromatic heterocycles. The van der Waals surface area contributed by atoms with E-state index in [0.717, 1.165) is 12.8 Å². The molecule has 0 radical (unpaired) electrons. The highest BCUT2D eigenvalue weighted by Gasteiger charge is 2.31.